The number of hydrogen-bond donors (Lipinski definition) is 1. The maximum atomic E-state index is 5.50. The van der Waals surface area contributed by atoms with Gasteiger partial charge in [0, 0.05) is 6.20 Å². The molecule has 5 heteroatoms. The number of anilines is 1. The molecule has 0 bridgehead atoms. The third kappa shape index (κ3) is 1.96. The van der Waals surface area contributed by atoms with Crippen molar-refractivity contribution >= 4 is 5.69 Å². The topological polar surface area (TPSA) is 69.6 Å². The van der Waals surface area contributed by atoms with Gasteiger partial charge in [-0.05, 0) is 12.0 Å². The summed E-state index contributed by atoms with van der Waals surface area (Å²) in [6.45, 7) is 4.19. The Labute approximate surface area is 88.0 Å². The quantitative estimate of drug-likeness (QED) is 0.800. The Morgan fingerprint density at radius 2 is 1.93 bits per heavy atom. The molecule has 0 fully saturated rings. The highest BCUT2D eigenvalue weighted by Gasteiger charge is 2.05. The van der Waals surface area contributed by atoms with Gasteiger partial charge in [-0.2, -0.15) is 5.10 Å². The van der Waals surface area contributed by atoms with E-state index in [1.807, 2.05) is 12.3 Å². The predicted octanol–water partition coefficient (Wildman–Crippen LogP) is 1.37. The van der Waals surface area contributed by atoms with Crippen molar-refractivity contribution in [1.82, 2.24) is 19.7 Å². The molecule has 0 unspecified atom stereocenters. The largest absolute Gasteiger partial charge is 0.396 e. The molecule has 2 heterocycles. The standard InChI is InChI=1S/C10H13N5/c1-7(2)9-3-4-15(14-9)10-12-5-8(11)6-13-10/h3-7H,11H2,1-2H3. The molecule has 0 aromatic carbocycles. The number of nitrogens with zero attached hydrogens (tertiary/aromatic N) is 4. The van der Waals surface area contributed by atoms with Crippen molar-refractivity contribution in [2.75, 3.05) is 5.73 Å². The monoisotopic (exact) mass is 203 g/mol. The van der Waals surface area contributed by atoms with Crippen molar-refractivity contribution in [1.29, 1.82) is 0 Å². The summed E-state index contributed by atoms with van der Waals surface area (Å²) in [5, 5.41) is 4.36. The molecular weight excluding hydrogens is 190 g/mol. The van der Waals surface area contributed by atoms with Crippen LogP contribution in [0, 0.1) is 0 Å². The average Bonchev–Trinajstić information content (AvgIpc) is 2.68. The molecule has 0 aliphatic carbocycles. The van der Waals surface area contributed by atoms with E-state index in [0.717, 1.165) is 5.69 Å². The van der Waals surface area contributed by atoms with Crippen molar-refractivity contribution in [2.45, 2.75) is 19.8 Å². The lowest BCUT2D eigenvalue weighted by molar-refractivity contribution is 0.742. The van der Waals surface area contributed by atoms with E-state index in [0.29, 0.717) is 17.6 Å². The number of aromatic nitrogens is 4. The molecule has 0 atom stereocenters. The van der Waals surface area contributed by atoms with Gasteiger partial charge < -0.3 is 5.73 Å². The van der Waals surface area contributed by atoms with E-state index in [1.54, 1.807) is 17.1 Å². The minimum Gasteiger partial charge on any atom is -0.396 e. The summed E-state index contributed by atoms with van der Waals surface area (Å²) < 4.78 is 1.65. The summed E-state index contributed by atoms with van der Waals surface area (Å²) in [5.41, 5.74) is 7.08. The van der Waals surface area contributed by atoms with E-state index in [9.17, 15) is 0 Å². The summed E-state index contributed by atoms with van der Waals surface area (Å²) in [6, 6.07) is 1.96. The first kappa shape index (κ1) is 9.64. The number of hydrogen-bond acceptors (Lipinski definition) is 4. The molecule has 15 heavy (non-hydrogen) atoms. The molecule has 2 aromatic rings. The smallest absolute Gasteiger partial charge is 0.250 e. The van der Waals surface area contributed by atoms with E-state index >= 15 is 0 Å². The molecule has 0 radical (unpaired) electrons. The first-order chi connectivity index (χ1) is 7.16. The van der Waals surface area contributed by atoms with Gasteiger partial charge in [-0.1, -0.05) is 13.8 Å². The zero-order valence-corrected chi connectivity index (χ0v) is 8.75. The van der Waals surface area contributed by atoms with Crippen LogP contribution in [-0.4, -0.2) is 19.7 Å². The molecule has 0 saturated carbocycles. The zero-order chi connectivity index (χ0) is 10.8. The minimum absolute atomic E-state index is 0.403. The van der Waals surface area contributed by atoms with E-state index < -0.39 is 0 Å². The van der Waals surface area contributed by atoms with Crippen LogP contribution in [0.4, 0.5) is 5.69 Å². The maximum absolute atomic E-state index is 5.50. The SMILES string of the molecule is CC(C)c1ccn(-c2ncc(N)cn2)n1. The van der Waals surface area contributed by atoms with Crippen molar-refractivity contribution in [3.8, 4) is 5.95 Å². The van der Waals surface area contributed by atoms with Gasteiger partial charge in [0.25, 0.3) is 5.95 Å². The van der Waals surface area contributed by atoms with Crippen molar-refractivity contribution < 1.29 is 0 Å². The second-order valence-electron chi connectivity index (χ2n) is 3.66. The van der Waals surface area contributed by atoms with Gasteiger partial charge in [0.15, 0.2) is 0 Å². The lowest BCUT2D eigenvalue weighted by Gasteiger charge is -2.00. The van der Waals surface area contributed by atoms with Gasteiger partial charge in [0.1, 0.15) is 0 Å². The maximum Gasteiger partial charge on any atom is 0.250 e. The van der Waals surface area contributed by atoms with Crippen LogP contribution in [0.5, 0.6) is 0 Å². The van der Waals surface area contributed by atoms with Crippen molar-refractivity contribution in [2.24, 2.45) is 0 Å². The summed E-state index contributed by atoms with van der Waals surface area (Å²) in [7, 11) is 0. The fraction of sp³-hybridized carbons (Fsp3) is 0.300. The first-order valence-corrected chi connectivity index (χ1v) is 4.80. The molecule has 0 aliphatic rings. The summed E-state index contributed by atoms with van der Waals surface area (Å²) in [4.78, 5) is 8.17. The van der Waals surface area contributed by atoms with Crippen LogP contribution in [-0.2, 0) is 0 Å². The van der Waals surface area contributed by atoms with Gasteiger partial charge in [0.05, 0.1) is 23.8 Å². The Bertz CT molecular complexity index is 443. The average molecular weight is 203 g/mol. The third-order valence-electron chi connectivity index (χ3n) is 2.06. The Kier molecular flexibility index (Phi) is 2.37. The van der Waals surface area contributed by atoms with Gasteiger partial charge in [0.2, 0.25) is 0 Å². The zero-order valence-electron chi connectivity index (χ0n) is 8.75. The van der Waals surface area contributed by atoms with Crippen molar-refractivity contribution in [3.05, 3.63) is 30.4 Å². The lowest BCUT2D eigenvalue weighted by atomic mass is 10.1. The molecule has 2 rings (SSSR count). The highest BCUT2D eigenvalue weighted by molar-refractivity contribution is 5.32. The third-order valence-corrected chi connectivity index (χ3v) is 2.06. The van der Waals surface area contributed by atoms with E-state index in [2.05, 4.69) is 28.9 Å². The fourth-order valence-electron chi connectivity index (χ4n) is 1.21. The summed E-state index contributed by atoms with van der Waals surface area (Å²) >= 11 is 0. The second-order valence-corrected chi connectivity index (χ2v) is 3.66. The first-order valence-electron chi connectivity index (χ1n) is 4.80. The second kappa shape index (κ2) is 3.68. The number of nitrogens with two attached hydrogens (primary N) is 1. The normalized spacial score (nSPS) is 10.9. The number of rotatable bonds is 2. The minimum atomic E-state index is 0.403. The van der Waals surface area contributed by atoms with E-state index in [1.165, 1.54) is 0 Å². The highest BCUT2D eigenvalue weighted by atomic mass is 15.3. The number of nitrogen functional groups attached to an aromatic ring is 1. The van der Waals surface area contributed by atoms with Crippen LogP contribution < -0.4 is 5.73 Å². The molecular formula is C10H13N5. The summed E-state index contributed by atoms with van der Waals surface area (Å²) in [6.07, 6.45) is 4.99. The lowest BCUT2D eigenvalue weighted by Crippen LogP contribution is -2.03. The van der Waals surface area contributed by atoms with Gasteiger partial charge in [-0.3, -0.25) is 0 Å². The molecule has 0 saturated heterocycles. The van der Waals surface area contributed by atoms with Gasteiger partial charge in [-0.25, -0.2) is 14.6 Å². The Morgan fingerprint density at radius 3 is 2.47 bits per heavy atom. The molecule has 0 amide bonds. The van der Waals surface area contributed by atoms with Gasteiger partial charge in [-0.15, -0.1) is 0 Å². The van der Waals surface area contributed by atoms with Crippen molar-refractivity contribution in [3.63, 3.8) is 0 Å². The van der Waals surface area contributed by atoms with Crippen LogP contribution in [0.25, 0.3) is 5.95 Å². The van der Waals surface area contributed by atoms with E-state index in [-0.39, 0.29) is 0 Å². The fourth-order valence-corrected chi connectivity index (χ4v) is 1.21. The Morgan fingerprint density at radius 1 is 1.27 bits per heavy atom. The molecule has 78 valence electrons. The Balaban J connectivity index is 2.33. The van der Waals surface area contributed by atoms with Crippen LogP contribution >= 0.6 is 0 Å². The molecule has 5 nitrogen and oxygen atoms in total. The predicted molar refractivity (Wildman–Crippen MR) is 57.7 cm³/mol. The van der Waals surface area contributed by atoms with Crippen LogP contribution in [0.1, 0.15) is 25.5 Å². The van der Waals surface area contributed by atoms with Crippen LogP contribution in [0.15, 0.2) is 24.7 Å². The molecule has 2 aromatic heterocycles. The molecule has 0 spiro atoms. The van der Waals surface area contributed by atoms with Crippen LogP contribution in [0.3, 0.4) is 0 Å². The summed E-state index contributed by atoms with van der Waals surface area (Å²) in [5.74, 6) is 0.941. The van der Waals surface area contributed by atoms with Gasteiger partial charge >= 0.3 is 0 Å². The Hall–Kier alpha value is -1.91. The van der Waals surface area contributed by atoms with Crippen LogP contribution in [0.2, 0.25) is 0 Å². The molecule has 2 N–H and O–H groups in total. The van der Waals surface area contributed by atoms with E-state index in [4.69, 9.17) is 5.73 Å². The highest BCUT2D eigenvalue weighted by Crippen LogP contribution is 2.12. The molecule has 0 aliphatic heterocycles.